The molecular formula is Cl8MoTi. The fourth-order valence-corrected chi connectivity index (χ4v) is 0. The fourth-order valence-electron chi connectivity index (χ4n) is 0. The van der Waals surface area contributed by atoms with E-state index in [4.69, 9.17) is 0 Å². The van der Waals surface area contributed by atoms with Crippen molar-refractivity contribution in [2.75, 3.05) is 0 Å². The molecule has 0 fully saturated rings. The first-order valence-electron chi connectivity index (χ1n) is 0. The molecule has 0 aromatic carbocycles. The first kappa shape index (κ1) is 160. The van der Waals surface area contributed by atoms with Crippen molar-refractivity contribution < 1.29 is 142 Å². The van der Waals surface area contributed by atoms with Gasteiger partial charge in [-0.2, -0.15) is 0 Å². The predicted molar refractivity (Wildman–Crippen MR) is 0 cm³/mol. The average molecular weight is 427 g/mol. The van der Waals surface area contributed by atoms with Crippen LogP contribution >= 0.6 is 0 Å². The molecule has 0 bridgehead atoms. The van der Waals surface area contributed by atoms with Crippen LogP contribution in [0.2, 0.25) is 0 Å². The topological polar surface area (TPSA) is 0 Å². The number of hydrogen-bond acceptors (Lipinski definition) is 0. The molecule has 0 rings (SSSR count). The summed E-state index contributed by atoms with van der Waals surface area (Å²) in [4.78, 5) is 0. The molecule has 0 aromatic rings. The predicted octanol–water partition coefficient (Wildman–Crippen LogP) is -24.0. The third kappa shape index (κ3) is 97.3. The van der Waals surface area contributed by atoms with E-state index >= 15 is 0 Å². The van der Waals surface area contributed by atoms with Crippen molar-refractivity contribution >= 4 is 0 Å². The van der Waals surface area contributed by atoms with Gasteiger partial charge in [0.25, 0.3) is 0 Å². The standard InChI is InChI=1S/8ClH.Mo.Ti/h8*1H;;/q;;;;;;;;2*+4/p-8. The maximum atomic E-state index is 0. The van der Waals surface area contributed by atoms with Crippen LogP contribution in [0, 0.1) is 0 Å². The van der Waals surface area contributed by atoms with E-state index in [2.05, 4.69) is 0 Å². The van der Waals surface area contributed by atoms with Gasteiger partial charge in [0.1, 0.15) is 0 Å². The van der Waals surface area contributed by atoms with Gasteiger partial charge < -0.3 is 99.3 Å². The van der Waals surface area contributed by atoms with Crippen LogP contribution < -0.4 is 99.3 Å². The van der Waals surface area contributed by atoms with Gasteiger partial charge >= 0.3 is 42.8 Å². The largest absolute Gasteiger partial charge is 4.00 e. The summed E-state index contributed by atoms with van der Waals surface area (Å²) in [5.41, 5.74) is 0. The fraction of sp³-hybridized carbons (Fsp3) is 0. The van der Waals surface area contributed by atoms with Gasteiger partial charge in [0.2, 0.25) is 0 Å². The Balaban J connectivity index is 0. The molecule has 0 aromatic heterocycles. The minimum atomic E-state index is 0. The number of rotatable bonds is 0. The van der Waals surface area contributed by atoms with Gasteiger partial charge in [0, 0.05) is 0 Å². The van der Waals surface area contributed by atoms with Crippen LogP contribution in [0.5, 0.6) is 0 Å². The molecule has 0 saturated carbocycles. The van der Waals surface area contributed by atoms with E-state index in [1.807, 2.05) is 0 Å². The Morgan fingerprint density at radius 3 is 0.300 bits per heavy atom. The van der Waals surface area contributed by atoms with Crippen LogP contribution in [0.1, 0.15) is 0 Å². The monoisotopic (exact) mass is 426 g/mol. The maximum Gasteiger partial charge on any atom is 4.00 e. The van der Waals surface area contributed by atoms with Crippen molar-refractivity contribution in [3.8, 4) is 0 Å². The molecule has 0 amide bonds. The Kier molecular flexibility index (Phi) is 2020. The van der Waals surface area contributed by atoms with Gasteiger partial charge in [0.05, 0.1) is 0 Å². The van der Waals surface area contributed by atoms with E-state index < -0.39 is 0 Å². The third-order valence-corrected chi connectivity index (χ3v) is 0. The van der Waals surface area contributed by atoms with Crippen LogP contribution in [0.4, 0.5) is 0 Å². The summed E-state index contributed by atoms with van der Waals surface area (Å²) in [6.45, 7) is 0. The number of hydrogen-bond donors (Lipinski definition) is 0. The van der Waals surface area contributed by atoms with Gasteiger partial charge in [-0.15, -0.1) is 0 Å². The quantitative estimate of drug-likeness (QED) is 0.337. The molecule has 0 aliphatic rings. The van der Waals surface area contributed by atoms with Crippen LogP contribution in [-0.2, 0) is 42.8 Å². The second-order valence-corrected chi connectivity index (χ2v) is 0. The molecule has 0 heterocycles. The molecular weight excluding hydrogens is 427 g/mol. The molecule has 0 N–H and O–H groups in total. The third-order valence-electron chi connectivity index (χ3n) is 0. The minimum absolute atomic E-state index is 0. The molecule has 0 atom stereocenters. The smallest absolute Gasteiger partial charge is 1.00 e. The van der Waals surface area contributed by atoms with E-state index in [0.29, 0.717) is 0 Å². The van der Waals surface area contributed by atoms with E-state index in [9.17, 15) is 0 Å². The van der Waals surface area contributed by atoms with Crippen molar-refractivity contribution in [3.63, 3.8) is 0 Å². The van der Waals surface area contributed by atoms with Crippen LogP contribution in [0.15, 0.2) is 0 Å². The zero-order chi connectivity index (χ0) is 0. The first-order valence-corrected chi connectivity index (χ1v) is 0. The molecule has 0 aliphatic heterocycles. The van der Waals surface area contributed by atoms with E-state index in [1.54, 1.807) is 0 Å². The summed E-state index contributed by atoms with van der Waals surface area (Å²) in [6, 6.07) is 0. The van der Waals surface area contributed by atoms with Gasteiger partial charge in [-0.1, -0.05) is 0 Å². The Labute approximate surface area is 140 Å². The minimum Gasteiger partial charge on any atom is -1.00 e. The normalized spacial score (nSPS) is 0. The first-order chi connectivity index (χ1) is 0. The summed E-state index contributed by atoms with van der Waals surface area (Å²) in [6.07, 6.45) is 0. The second kappa shape index (κ2) is 126. The molecule has 0 radical (unpaired) electrons. The van der Waals surface area contributed by atoms with Crippen LogP contribution in [0.25, 0.3) is 0 Å². The second-order valence-electron chi connectivity index (χ2n) is 0. The Bertz CT molecular complexity index is 9.22. The van der Waals surface area contributed by atoms with Crippen molar-refractivity contribution in [3.05, 3.63) is 0 Å². The summed E-state index contributed by atoms with van der Waals surface area (Å²) in [7, 11) is 0. The van der Waals surface area contributed by atoms with E-state index in [1.165, 1.54) is 0 Å². The van der Waals surface area contributed by atoms with Gasteiger partial charge in [0.15, 0.2) is 0 Å². The molecule has 10 heteroatoms. The maximum absolute atomic E-state index is 0. The molecule has 0 spiro atoms. The average Bonchev–Trinajstić information content (AvgIpc) is 0. The zero-order valence-corrected chi connectivity index (χ0v) is 13.5. The molecule has 10 heavy (non-hydrogen) atoms. The Hall–Kier alpha value is 3.72. The van der Waals surface area contributed by atoms with Crippen LogP contribution in [-0.4, -0.2) is 0 Å². The van der Waals surface area contributed by atoms with Crippen molar-refractivity contribution in [1.82, 2.24) is 0 Å². The Morgan fingerprint density at radius 2 is 0.300 bits per heavy atom. The van der Waals surface area contributed by atoms with Crippen molar-refractivity contribution in [2.45, 2.75) is 0 Å². The molecule has 0 aliphatic carbocycles. The van der Waals surface area contributed by atoms with Crippen LogP contribution in [0.3, 0.4) is 0 Å². The Morgan fingerprint density at radius 1 is 0.300 bits per heavy atom. The van der Waals surface area contributed by atoms with Gasteiger partial charge in [-0.3, -0.25) is 0 Å². The molecule has 66 valence electrons. The van der Waals surface area contributed by atoms with Gasteiger partial charge in [-0.05, 0) is 0 Å². The molecule has 0 nitrogen and oxygen atoms in total. The summed E-state index contributed by atoms with van der Waals surface area (Å²) < 4.78 is 0. The zero-order valence-electron chi connectivity index (χ0n) is 3.93. The van der Waals surface area contributed by atoms with Gasteiger partial charge in [-0.25, -0.2) is 0 Å². The SMILES string of the molecule is [Cl-].[Cl-].[Cl-].[Cl-].[Cl-].[Cl-].[Cl-].[Cl-].[Mo+4].[Ti+4]. The van der Waals surface area contributed by atoms with E-state index in [0.717, 1.165) is 0 Å². The molecule has 0 saturated heterocycles. The summed E-state index contributed by atoms with van der Waals surface area (Å²) in [5.74, 6) is 0. The van der Waals surface area contributed by atoms with Crippen molar-refractivity contribution in [1.29, 1.82) is 0 Å². The number of halogens is 8. The molecule has 0 unspecified atom stereocenters. The van der Waals surface area contributed by atoms with Crippen molar-refractivity contribution in [2.24, 2.45) is 0 Å². The summed E-state index contributed by atoms with van der Waals surface area (Å²) in [5, 5.41) is 0. The van der Waals surface area contributed by atoms with E-state index in [-0.39, 0.29) is 142 Å². The summed E-state index contributed by atoms with van der Waals surface area (Å²) >= 11 is 0.